The highest BCUT2D eigenvalue weighted by molar-refractivity contribution is 5.69. The molecular weight excluding hydrogens is 448 g/mol. The van der Waals surface area contributed by atoms with E-state index < -0.39 is 49.7 Å². The zero-order chi connectivity index (χ0) is 25.0. The second kappa shape index (κ2) is 13.4. The fraction of sp³-hybridized carbons (Fsp3) is 0.529. The van der Waals surface area contributed by atoms with E-state index in [1.165, 1.54) is 0 Å². The Morgan fingerprint density at radius 1 is 0.970 bits per heavy atom. The van der Waals surface area contributed by atoms with Crippen LogP contribution >= 0.6 is 0 Å². The summed E-state index contributed by atoms with van der Waals surface area (Å²) < 4.78 is 9.45. The molecule has 0 aromatic heterocycles. The fourth-order valence-electron chi connectivity index (χ4n) is 2.67. The lowest BCUT2D eigenvalue weighted by molar-refractivity contribution is -0.484. The molecule has 0 aromatic carbocycles. The Kier molecular flexibility index (Phi) is 10.9. The van der Waals surface area contributed by atoms with Gasteiger partial charge in [-0.2, -0.15) is 0 Å². The summed E-state index contributed by atoms with van der Waals surface area (Å²) in [5.74, 6) is -3.03. The molecule has 1 heterocycles. The van der Waals surface area contributed by atoms with E-state index >= 15 is 0 Å². The Hall–Kier alpha value is -4.08. The SMILES string of the molecule is CCOC(=O)CCN/C=C(/C1C([N+](=O)[O-])=CN(NCCC(=O)OCC)C=C1[N+](=O)[O-])[N+](=O)[O-]. The maximum absolute atomic E-state index is 11.6. The largest absolute Gasteiger partial charge is 0.466 e. The third kappa shape index (κ3) is 8.52. The van der Waals surface area contributed by atoms with E-state index in [2.05, 4.69) is 10.7 Å². The van der Waals surface area contributed by atoms with Gasteiger partial charge in [0.05, 0.1) is 59.4 Å². The molecule has 0 aromatic rings. The van der Waals surface area contributed by atoms with Crippen molar-refractivity contribution in [1.29, 1.82) is 0 Å². The third-order valence-electron chi connectivity index (χ3n) is 4.02. The number of nitrogens with zero attached hydrogens (tertiary/aromatic N) is 4. The Morgan fingerprint density at radius 3 is 1.88 bits per heavy atom. The number of nitro groups is 3. The van der Waals surface area contributed by atoms with Crippen molar-refractivity contribution in [3.05, 3.63) is 66.0 Å². The van der Waals surface area contributed by atoms with Crippen molar-refractivity contribution >= 4 is 11.9 Å². The van der Waals surface area contributed by atoms with Gasteiger partial charge < -0.3 is 14.8 Å². The van der Waals surface area contributed by atoms with Crippen LogP contribution in [0.25, 0.3) is 0 Å². The number of carbonyl (C=O) groups excluding carboxylic acids is 2. The Labute approximate surface area is 187 Å². The first-order valence-electron chi connectivity index (χ1n) is 9.75. The summed E-state index contributed by atoms with van der Waals surface area (Å²) in [6.45, 7) is 3.35. The van der Waals surface area contributed by atoms with E-state index in [0.717, 1.165) is 23.6 Å². The van der Waals surface area contributed by atoms with Crippen molar-refractivity contribution < 1.29 is 33.8 Å². The average molecular weight is 472 g/mol. The van der Waals surface area contributed by atoms with Crippen LogP contribution in [-0.2, 0) is 19.1 Å². The highest BCUT2D eigenvalue weighted by Crippen LogP contribution is 2.32. The third-order valence-corrected chi connectivity index (χ3v) is 4.02. The molecule has 16 heteroatoms. The topological polar surface area (TPSA) is 209 Å². The number of carbonyl (C=O) groups is 2. The summed E-state index contributed by atoms with van der Waals surface area (Å²) in [6.07, 6.45) is 2.20. The first-order chi connectivity index (χ1) is 15.6. The van der Waals surface area contributed by atoms with Crippen LogP contribution in [0.1, 0.15) is 26.7 Å². The van der Waals surface area contributed by atoms with E-state index in [-0.39, 0.29) is 39.1 Å². The van der Waals surface area contributed by atoms with Crippen LogP contribution in [0.3, 0.4) is 0 Å². The van der Waals surface area contributed by atoms with E-state index in [0.29, 0.717) is 0 Å². The van der Waals surface area contributed by atoms with Gasteiger partial charge in [-0.3, -0.25) is 44.9 Å². The summed E-state index contributed by atoms with van der Waals surface area (Å²) in [7, 11) is 0. The zero-order valence-corrected chi connectivity index (χ0v) is 17.9. The molecule has 0 radical (unpaired) electrons. The number of rotatable bonds is 14. The minimum Gasteiger partial charge on any atom is -0.466 e. The van der Waals surface area contributed by atoms with Crippen LogP contribution < -0.4 is 10.7 Å². The van der Waals surface area contributed by atoms with Crippen molar-refractivity contribution in [2.75, 3.05) is 26.3 Å². The van der Waals surface area contributed by atoms with Gasteiger partial charge in [0.2, 0.25) is 5.92 Å². The van der Waals surface area contributed by atoms with E-state index in [9.17, 15) is 39.9 Å². The van der Waals surface area contributed by atoms with Crippen LogP contribution in [0.2, 0.25) is 0 Å². The normalized spacial score (nSPS) is 14.1. The predicted molar refractivity (Wildman–Crippen MR) is 109 cm³/mol. The molecule has 1 aliphatic rings. The van der Waals surface area contributed by atoms with Gasteiger partial charge in [-0.05, 0) is 13.8 Å². The molecule has 16 nitrogen and oxygen atoms in total. The minimum atomic E-state index is -1.91. The van der Waals surface area contributed by atoms with Crippen LogP contribution in [0.5, 0.6) is 0 Å². The molecule has 0 unspecified atom stereocenters. The molecule has 0 amide bonds. The van der Waals surface area contributed by atoms with Crippen molar-refractivity contribution in [3.8, 4) is 0 Å². The molecule has 0 saturated carbocycles. The first kappa shape index (κ1) is 27.0. The lowest BCUT2D eigenvalue weighted by atomic mass is 9.97. The molecule has 0 atom stereocenters. The number of nitrogens with one attached hydrogen (secondary N) is 2. The molecule has 0 fully saturated rings. The van der Waals surface area contributed by atoms with Gasteiger partial charge in [0, 0.05) is 13.1 Å². The summed E-state index contributed by atoms with van der Waals surface area (Å²) in [4.78, 5) is 54.6. The predicted octanol–water partition coefficient (Wildman–Crippen LogP) is 0.273. The minimum absolute atomic E-state index is 0.0696. The highest BCUT2D eigenvalue weighted by atomic mass is 16.6. The fourth-order valence-corrected chi connectivity index (χ4v) is 2.67. The van der Waals surface area contributed by atoms with Crippen LogP contribution in [0.4, 0.5) is 0 Å². The number of ether oxygens (including phenoxy) is 2. The second-order valence-corrected chi connectivity index (χ2v) is 6.26. The Balaban J connectivity index is 3.12. The van der Waals surface area contributed by atoms with Gasteiger partial charge in [0.25, 0.3) is 17.1 Å². The smallest absolute Gasteiger partial charge is 0.307 e. The van der Waals surface area contributed by atoms with Crippen molar-refractivity contribution in [2.24, 2.45) is 5.92 Å². The number of esters is 2. The van der Waals surface area contributed by atoms with Gasteiger partial charge >= 0.3 is 11.9 Å². The number of hydrogen-bond donors (Lipinski definition) is 2. The lowest BCUT2D eigenvalue weighted by Gasteiger charge is -2.22. The van der Waals surface area contributed by atoms with Crippen molar-refractivity contribution in [3.63, 3.8) is 0 Å². The van der Waals surface area contributed by atoms with E-state index in [1.807, 2.05) is 0 Å². The molecule has 33 heavy (non-hydrogen) atoms. The van der Waals surface area contributed by atoms with E-state index in [4.69, 9.17) is 9.47 Å². The monoisotopic (exact) mass is 472 g/mol. The molecule has 182 valence electrons. The maximum atomic E-state index is 11.6. The molecule has 1 rings (SSSR count). The van der Waals surface area contributed by atoms with Crippen molar-refractivity contribution in [1.82, 2.24) is 15.8 Å². The Bertz CT molecular complexity index is 836. The molecule has 2 N–H and O–H groups in total. The van der Waals surface area contributed by atoms with Gasteiger partial charge in [-0.25, -0.2) is 5.43 Å². The summed E-state index contributed by atoms with van der Waals surface area (Å²) in [6, 6.07) is 0. The van der Waals surface area contributed by atoms with Crippen LogP contribution in [-0.4, -0.2) is 58.0 Å². The summed E-state index contributed by atoms with van der Waals surface area (Å²) in [5.41, 5.74) is 0.00675. The van der Waals surface area contributed by atoms with Crippen LogP contribution in [0.15, 0.2) is 35.7 Å². The summed E-state index contributed by atoms with van der Waals surface area (Å²) >= 11 is 0. The molecular formula is C17H24N6O10. The maximum Gasteiger partial charge on any atom is 0.307 e. The van der Waals surface area contributed by atoms with Crippen molar-refractivity contribution in [2.45, 2.75) is 26.7 Å². The molecule has 1 aliphatic heterocycles. The zero-order valence-electron chi connectivity index (χ0n) is 17.9. The number of hydrogen-bond acceptors (Lipinski definition) is 13. The highest BCUT2D eigenvalue weighted by Gasteiger charge is 2.48. The van der Waals surface area contributed by atoms with E-state index in [1.54, 1.807) is 13.8 Å². The molecule has 0 saturated heterocycles. The first-order valence-corrected chi connectivity index (χ1v) is 9.75. The Morgan fingerprint density at radius 2 is 1.45 bits per heavy atom. The van der Waals surface area contributed by atoms with Gasteiger partial charge in [0.15, 0.2) is 0 Å². The van der Waals surface area contributed by atoms with Gasteiger partial charge in [-0.15, -0.1) is 0 Å². The molecule has 0 spiro atoms. The molecule has 0 bridgehead atoms. The van der Waals surface area contributed by atoms with Crippen LogP contribution in [0, 0.1) is 36.3 Å². The lowest BCUT2D eigenvalue weighted by Crippen LogP contribution is -2.38. The standard InChI is InChI=1S/C17H24N6O10/c1-3-32-15(24)5-7-18-9-12(21(26)27)17-13(22(28)29)10-20(11-14(17)23(30)31)19-8-6-16(25)33-4-2/h9-11,17-19H,3-8H2,1-2H3/b12-9-. The van der Waals surface area contributed by atoms with Gasteiger partial charge in [0.1, 0.15) is 0 Å². The van der Waals surface area contributed by atoms with Gasteiger partial charge in [-0.1, -0.05) is 0 Å². The summed E-state index contributed by atoms with van der Waals surface area (Å²) in [5, 5.41) is 38.1. The quantitative estimate of drug-likeness (QED) is 0.151. The second-order valence-electron chi connectivity index (χ2n) is 6.26. The average Bonchev–Trinajstić information content (AvgIpc) is 2.73. The number of hydrazine groups is 1. The molecule has 0 aliphatic carbocycles.